The van der Waals surface area contributed by atoms with Crippen LogP contribution >= 0.6 is 0 Å². The summed E-state index contributed by atoms with van der Waals surface area (Å²) in [5, 5.41) is 4.21. The van der Waals surface area contributed by atoms with Crippen molar-refractivity contribution in [2.45, 2.75) is 25.1 Å². The number of halogens is 3. The highest BCUT2D eigenvalue weighted by molar-refractivity contribution is 5.57. The molecule has 1 aliphatic rings. The molecule has 31 heavy (non-hydrogen) atoms. The van der Waals surface area contributed by atoms with Gasteiger partial charge in [0.25, 0.3) is 5.56 Å². The van der Waals surface area contributed by atoms with E-state index in [0.717, 1.165) is 18.4 Å². The molecule has 1 fully saturated rings. The standard InChI is InChI=1S/C10H9F3O.C10H7N5O2/c11-10(12,13)14-9-5-3-8(4-6-9)7-1-2-7;16-9-6(5-12-10(17)13-9)7-1-2-8-11-3-4-15(8)14-7/h3-7H,1-2H2;1-5H,(H2,12,13,16,17). The van der Waals surface area contributed by atoms with Gasteiger partial charge in [-0.3, -0.25) is 9.78 Å². The van der Waals surface area contributed by atoms with Gasteiger partial charge in [0, 0.05) is 18.6 Å². The number of fused-ring (bicyclic) bond motifs is 1. The van der Waals surface area contributed by atoms with Crippen molar-refractivity contribution in [3.63, 3.8) is 0 Å². The highest BCUT2D eigenvalue weighted by Crippen LogP contribution is 2.40. The van der Waals surface area contributed by atoms with Gasteiger partial charge in [-0.25, -0.2) is 14.3 Å². The van der Waals surface area contributed by atoms with E-state index in [1.807, 2.05) is 0 Å². The van der Waals surface area contributed by atoms with E-state index in [1.54, 1.807) is 41.2 Å². The van der Waals surface area contributed by atoms with Gasteiger partial charge in [0.2, 0.25) is 0 Å². The van der Waals surface area contributed by atoms with E-state index in [2.05, 4.69) is 24.8 Å². The molecule has 0 bridgehead atoms. The van der Waals surface area contributed by atoms with Crippen LogP contribution in [-0.4, -0.2) is 30.9 Å². The first-order valence-electron chi connectivity index (χ1n) is 9.27. The number of alkyl halides is 3. The normalized spacial score (nSPS) is 13.5. The number of nitrogens with one attached hydrogen (secondary N) is 2. The number of aromatic amines is 2. The molecule has 8 nitrogen and oxygen atoms in total. The Hall–Kier alpha value is -3.89. The zero-order valence-corrected chi connectivity index (χ0v) is 15.9. The smallest absolute Gasteiger partial charge is 0.406 e. The molecule has 4 aromatic rings. The quantitative estimate of drug-likeness (QED) is 0.518. The number of aromatic nitrogens is 5. The summed E-state index contributed by atoms with van der Waals surface area (Å²) in [6.07, 6.45) is 2.31. The van der Waals surface area contributed by atoms with E-state index in [4.69, 9.17) is 0 Å². The minimum Gasteiger partial charge on any atom is -0.406 e. The van der Waals surface area contributed by atoms with E-state index < -0.39 is 17.6 Å². The van der Waals surface area contributed by atoms with Crippen LogP contribution in [0.25, 0.3) is 16.9 Å². The van der Waals surface area contributed by atoms with Crippen LogP contribution in [0.2, 0.25) is 0 Å². The van der Waals surface area contributed by atoms with E-state index in [0.29, 0.717) is 22.8 Å². The Kier molecular flexibility index (Phi) is 5.32. The molecule has 11 heteroatoms. The molecule has 0 aliphatic heterocycles. The average Bonchev–Trinajstić information content (AvgIpc) is 3.45. The van der Waals surface area contributed by atoms with Gasteiger partial charge in [0.15, 0.2) is 5.65 Å². The summed E-state index contributed by atoms with van der Waals surface area (Å²) < 4.78 is 40.7. The van der Waals surface area contributed by atoms with Gasteiger partial charge < -0.3 is 9.72 Å². The molecule has 3 heterocycles. The summed E-state index contributed by atoms with van der Waals surface area (Å²) in [6.45, 7) is 0. The van der Waals surface area contributed by atoms with Crippen molar-refractivity contribution in [3.05, 3.63) is 81.4 Å². The van der Waals surface area contributed by atoms with Crippen molar-refractivity contribution in [1.82, 2.24) is 24.6 Å². The third kappa shape index (κ3) is 5.18. The van der Waals surface area contributed by atoms with Gasteiger partial charge in [0.1, 0.15) is 5.75 Å². The summed E-state index contributed by atoms with van der Waals surface area (Å²) in [5.41, 5.74) is 1.55. The predicted molar refractivity (Wildman–Crippen MR) is 105 cm³/mol. The molecule has 0 atom stereocenters. The highest BCUT2D eigenvalue weighted by Gasteiger charge is 2.31. The zero-order chi connectivity index (χ0) is 22.0. The molecule has 0 spiro atoms. The van der Waals surface area contributed by atoms with Gasteiger partial charge in [-0.2, -0.15) is 5.10 Å². The van der Waals surface area contributed by atoms with Crippen molar-refractivity contribution in [3.8, 4) is 17.0 Å². The van der Waals surface area contributed by atoms with E-state index >= 15 is 0 Å². The zero-order valence-electron chi connectivity index (χ0n) is 15.9. The second-order valence-corrected chi connectivity index (χ2v) is 6.83. The number of hydrogen-bond acceptors (Lipinski definition) is 5. The van der Waals surface area contributed by atoms with Crippen LogP contribution in [-0.2, 0) is 0 Å². The first-order chi connectivity index (χ1) is 14.8. The first-order valence-corrected chi connectivity index (χ1v) is 9.27. The number of ether oxygens (including phenoxy) is 1. The van der Waals surface area contributed by atoms with Crippen molar-refractivity contribution in [1.29, 1.82) is 0 Å². The molecule has 160 valence electrons. The van der Waals surface area contributed by atoms with E-state index in [-0.39, 0.29) is 5.75 Å². The molecular weight excluding hydrogens is 415 g/mol. The van der Waals surface area contributed by atoms with Gasteiger partial charge in [-0.1, -0.05) is 12.1 Å². The highest BCUT2D eigenvalue weighted by atomic mass is 19.4. The molecule has 5 rings (SSSR count). The van der Waals surface area contributed by atoms with Crippen LogP contribution < -0.4 is 16.0 Å². The molecule has 0 radical (unpaired) electrons. The lowest BCUT2D eigenvalue weighted by Crippen LogP contribution is -2.22. The maximum Gasteiger partial charge on any atom is 0.573 e. The van der Waals surface area contributed by atoms with Crippen LogP contribution in [0.5, 0.6) is 5.75 Å². The van der Waals surface area contributed by atoms with Gasteiger partial charge >= 0.3 is 12.1 Å². The van der Waals surface area contributed by atoms with E-state index in [9.17, 15) is 22.8 Å². The third-order valence-electron chi connectivity index (χ3n) is 4.51. The van der Waals surface area contributed by atoms with Crippen LogP contribution in [0.15, 0.2) is 64.6 Å². The minimum atomic E-state index is -4.60. The topological polar surface area (TPSA) is 105 Å². The monoisotopic (exact) mass is 431 g/mol. The Balaban J connectivity index is 0.000000152. The Morgan fingerprint density at radius 1 is 1.06 bits per heavy atom. The number of nitrogens with zero attached hydrogens (tertiary/aromatic N) is 3. The fourth-order valence-electron chi connectivity index (χ4n) is 2.92. The van der Waals surface area contributed by atoms with Crippen molar-refractivity contribution >= 4 is 5.65 Å². The Morgan fingerprint density at radius 3 is 2.45 bits per heavy atom. The molecular formula is C20H16F3N5O3. The van der Waals surface area contributed by atoms with Gasteiger partial charge in [0.05, 0.1) is 11.3 Å². The summed E-state index contributed by atoms with van der Waals surface area (Å²) in [6, 6.07) is 9.53. The van der Waals surface area contributed by atoms with Gasteiger partial charge in [-0.15, -0.1) is 13.2 Å². The van der Waals surface area contributed by atoms with Crippen LogP contribution in [0, 0.1) is 0 Å². The summed E-state index contributed by atoms with van der Waals surface area (Å²) in [5.74, 6) is 0.400. The van der Waals surface area contributed by atoms with Crippen LogP contribution in [0.1, 0.15) is 24.3 Å². The maximum atomic E-state index is 11.8. The number of H-pyrrole nitrogens is 2. The Morgan fingerprint density at radius 2 is 1.81 bits per heavy atom. The van der Waals surface area contributed by atoms with Crippen LogP contribution in [0.4, 0.5) is 13.2 Å². The van der Waals surface area contributed by atoms with E-state index in [1.165, 1.54) is 18.3 Å². The molecule has 3 aromatic heterocycles. The Labute approximate surface area is 172 Å². The lowest BCUT2D eigenvalue weighted by atomic mass is 10.1. The summed E-state index contributed by atoms with van der Waals surface area (Å²) >= 11 is 0. The maximum absolute atomic E-state index is 11.8. The second kappa shape index (κ2) is 8.09. The molecule has 1 aliphatic carbocycles. The first kappa shape index (κ1) is 20.4. The SMILES string of the molecule is FC(F)(F)Oc1ccc(C2CC2)cc1.O=c1[nH]cc(-c2ccc3nccn3n2)c(=O)[nH]1. The van der Waals surface area contributed by atoms with Crippen molar-refractivity contribution in [2.75, 3.05) is 0 Å². The molecule has 0 saturated heterocycles. The fourth-order valence-corrected chi connectivity index (χ4v) is 2.92. The molecule has 2 N–H and O–H groups in total. The largest absolute Gasteiger partial charge is 0.573 e. The molecule has 1 saturated carbocycles. The number of benzene rings is 1. The average molecular weight is 431 g/mol. The Bertz CT molecular complexity index is 1300. The van der Waals surface area contributed by atoms with Gasteiger partial charge in [-0.05, 0) is 48.6 Å². The fraction of sp³-hybridized carbons (Fsp3) is 0.200. The second-order valence-electron chi connectivity index (χ2n) is 6.83. The minimum absolute atomic E-state index is 0.151. The molecule has 0 unspecified atom stereocenters. The number of hydrogen-bond donors (Lipinski definition) is 2. The van der Waals surface area contributed by atoms with Crippen molar-refractivity contribution < 1.29 is 17.9 Å². The summed E-state index contributed by atoms with van der Waals surface area (Å²) in [4.78, 5) is 31.1. The number of rotatable bonds is 3. The number of imidazole rings is 1. The molecule has 1 aromatic carbocycles. The third-order valence-corrected chi connectivity index (χ3v) is 4.51. The lowest BCUT2D eigenvalue weighted by molar-refractivity contribution is -0.274. The lowest BCUT2D eigenvalue weighted by Gasteiger charge is -2.08. The van der Waals surface area contributed by atoms with Crippen molar-refractivity contribution in [2.24, 2.45) is 0 Å². The predicted octanol–water partition coefficient (Wildman–Crippen LogP) is 3.24. The molecule has 0 amide bonds. The summed E-state index contributed by atoms with van der Waals surface area (Å²) in [7, 11) is 0. The van der Waals surface area contributed by atoms with Crippen LogP contribution in [0.3, 0.4) is 0 Å².